The average Bonchev–Trinajstić information content (AvgIpc) is 3.30. The molecule has 168 valence electrons. The third kappa shape index (κ3) is 4.66. The Morgan fingerprint density at radius 1 is 1.21 bits per heavy atom. The van der Waals surface area contributed by atoms with E-state index in [0.717, 1.165) is 42.5 Å². The van der Waals surface area contributed by atoms with Gasteiger partial charge >= 0.3 is 0 Å². The number of piperidine rings is 1. The Kier molecular flexibility index (Phi) is 6.17. The number of amides is 1. The van der Waals surface area contributed by atoms with Gasteiger partial charge in [0.15, 0.2) is 0 Å². The molecule has 4 heterocycles. The van der Waals surface area contributed by atoms with Crippen LogP contribution in [0.2, 0.25) is 0 Å². The zero-order valence-corrected chi connectivity index (χ0v) is 19.0. The second-order valence-electron chi connectivity index (χ2n) is 8.27. The van der Waals surface area contributed by atoms with Gasteiger partial charge in [0.1, 0.15) is 4.70 Å². The Morgan fingerprint density at radius 2 is 2.09 bits per heavy atom. The Balaban J connectivity index is 1.31. The molecule has 0 bridgehead atoms. The monoisotopic (exact) mass is 459 g/mol. The lowest BCUT2D eigenvalue weighted by atomic mass is 9.97. The molecule has 1 unspecified atom stereocenters. The fourth-order valence-electron chi connectivity index (χ4n) is 4.29. The van der Waals surface area contributed by atoms with Crippen molar-refractivity contribution >= 4 is 33.4 Å². The molecule has 0 radical (unpaired) electrons. The van der Waals surface area contributed by atoms with E-state index in [1.165, 1.54) is 11.3 Å². The fourth-order valence-corrected chi connectivity index (χ4v) is 5.20. The van der Waals surface area contributed by atoms with Gasteiger partial charge in [-0.2, -0.15) is 0 Å². The lowest BCUT2D eigenvalue weighted by Gasteiger charge is -2.32. The van der Waals surface area contributed by atoms with Crippen LogP contribution in [0.4, 0.5) is 5.95 Å². The van der Waals surface area contributed by atoms with Gasteiger partial charge in [-0.05, 0) is 36.5 Å². The molecule has 5 rings (SSSR count). The van der Waals surface area contributed by atoms with Gasteiger partial charge in [0.05, 0.1) is 11.4 Å². The maximum atomic E-state index is 12.8. The van der Waals surface area contributed by atoms with E-state index < -0.39 is 0 Å². The smallest absolute Gasteiger partial charge is 0.270 e. The van der Waals surface area contributed by atoms with Crippen molar-refractivity contribution in [2.45, 2.75) is 19.3 Å². The highest BCUT2D eigenvalue weighted by atomic mass is 32.1. The highest BCUT2D eigenvalue weighted by molar-refractivity contribution is 7.17. The zero-order chi connectivity index (χ0) is 22.6. The van der Waals surface area contributed by atoms with Crippen molar-refractivity contribution < 1.29 is 4.79 Å². The first kappa shape index (κ1) is 21.3. The van der Waals surface area contributed by atoms with Gasteiger partial charge in [-0.3, -0.25) is 19.6 Å². The van der Waals surface area contributed by atoms with Crippen molar-refractivity contribution in [3.63, 3.8) is 0 Å². The molecule has 33 heavy (non-hydrogen) atoms. The average molecular weight is 460 g/mol. The number of carbonyl (C=O) groups excluding carboxylic acids is 1. The Hall–Kier alpha value is -3.52. The number of aromatic nitrogens is 3. The van der Waals surface area contributed by atoms with E-state index in [2.05, 4.69) is 15.3 Å². The van der Waals surface area contributed by atoms with Crippen LogP contribution in [-0.2, 0) is 11.2 Å². The molecule has 0 spiro atoms. The molecule has 0 aliphatic carbocycles. The highest BCUT2D eigenvalue weighted by Gasteiger charge is 2.27. The van der Waals surface area contributed by atoms with Crippen LogP contribution in [-0.4, -0.2) is 40.5 Å². The predicted octanol–water partition coefficient (Wildman–Crippen LogP) is 3.62. The quantitative estimate of drug-likeness (QED) is 0.460. The molecule has 8 heteroatoms. The van der Waals surface area contributed by atoms with Crippen LogP contribution in [0, 0.1) is 5.92 Å². The van der Waals surface area contributed by atoms with Gasteiger partial charge in [-0.25, -0.2) is 4.98 Å². The number of thiophene rings is 1. The summed E-state index contributed by atoms with van der Waals surface area (Å²) in [6.45, 7) is 1.88. The first-order chi connectivity index (χ1) is 16.2. The van der Waals surface area contributed by atoms with Gasteiger partial charge in [0.25, 0.3) is 5.56 Å². The number of carbonyl (C=O) groups is 1. The summed E-state index contributed by atoms with van der Waals surface area (Å²) in [5.41, 5.74) is 3.68. The first-order valence-electron chi connectivity index (χ1n) is 11.2. The standard InChI is InChI=1S/C25H25N5O2S/c31-23(27-12-10-17-6-4-11-26-14-17)19-9-5-13-30(15-19)25-28-21-20(18-7-2-1-3-8-18)16-33-22(21)24(32)29-25/h1-4,6-8,11,14,16,19H,5,9-10,12-13,15H2,(H,27,31)(H,28,29,32). The maximum absolute atomic E-state index is 12.8. The summed E-state index contributed by atoms with van der Waals surface area (Å²) in [7, 11) is 0. The molecule has 0 saturated carbocycles. The summed E-state index contributed by atoms with van der Waals surface area (Å²) >= 11 is 1.41. The largest absolute Gasteiger partial charge is 0.355 e. The topological polar surface area (TPSA) is 91.0 Å². The molecule has 1 fully saturated rings. The summed E-state index contributed by atoms with van der Waals surface area (Å²) < 4.78 is 0.624. The third-order valence-electron chi connectivity index (χ3n) is 6.03. The minimum absolute atomic E-state index is 0.0486. The van der Waals surface area contributed by atoms with E-state index in [1.54, 1.807) is 6.20 Å². The number of nitrogens with one attached hydrogen (secondary N) is 2. The second kappa shape index (κ2) is 9.54. The molecule has 4 aromatic rings. The molecule has 1 aromatic carbocycles. The van der Waals surface area contributed by atoms with Gasteiger partial charge < -0.3 is 10.2 Å². The number of benzene rings is 1. The number of aromatic amines is 1. The molecule has 1 amide bonds. The van der Waals surface area contributed by atoms with Gasteiger partial charge in [-0.1, -0.05) is 36.4 Å². The van der Waals surface area contributed by atoms with Crippen LogP contribution in [0.5, 0.6) is 0 Å². The molecular weight excluding hydrogens is 434 g/mol. The van der Waals surface area contributed by atoms with Crippen LogP contribution < -0.4 is 15.8 Å². The Morgan fingerprint density at radius 3 is 2.91 bits per heavy atom. The molecule has 3 aromatic heterocycles. The van der Waals surface area contributed by atoms with Crippen LogP contribution in [0.25, 0.3) is 21.3 Å². The maximum Gasteiger partial charge on any atom is 0.270 e. The number of hydrogen-bond donors (Lipinski definition) is 2. The lowest BCUT2D eigenvalue weighted by Crippen LogP contribution is -2.44. The van der Waals surface area contributed by atoms with E-state index in [-0.39, 0.29) is 17.4 Å². The van der Waals surface area contributed by atoms with E-state index >= 15 is 0 Å². The molecule has 7 nitrogen and oxygen atoms in total. The zero-order valence-electron chi connectivity index (χ0n) is 18.2. The fraction of sp³-hybridized carbons (Fsp3) is 0.280. The molecule has 1 aliphatic rings. The molecular formula is C25H25N5O2S. The van der Waals surface area contributed by atoms with Crippen LogP contribution in [0.3, 0.4) is 0 Å². The van der Waals surface area contributed by atoms with E-state index in [0.29, 0.717) is 29.3 Å². The van der Waals surface area contributed by atoms with Gasteiger partial charge in [0, 0.05) is 43.0 Å². The van der Waals surface area contributed by atoms with Crippen LogP contribution in [0.15, 0.2) is 65.0 Å². The van der Waals surface area contributed by atoms with Crippen molar-refractivity contribution in [1.29, 1.82) is 0 Å². The van der Waals surface area contributed by atoms with Gasteiger partial charge in [-0.15, -0.1) is 11.3 Å². The lowest BCUT2D eigenvalue weighted by molar-refractivity contribution is -0.125. The number of anilines is 1. The minimum Gasteiger partial charge on any atom is -0.355 e. The van der Waals surface area contributed by atoms with E-state index in [9.17, 15) is 9.59 Å². The van der Waals surface area contributed by atoms with Crippen molar-refractivity contribution in [3.05, 3.63) is 76.2 Å². The Bertz CT molecular complexity index is 1300. The van der Waals surface area contributed by atoms with Gasteiger partial charge in [0.2, 0.25) is 11.9 Å². The summed E-state index contributed by atoms with van der Waals surface area (Å²) in [4.78, 5) is 39.5. The van der Waals surface area contributed by atoms with Crippen molar-refractivity contribution in [2.75, 3.05) is 24.5 Å². The van der Waals surface area contributed by atoms with E-state index in [4.69, 9.17) is 4.98 Å². The number of fused-ring (bicyclic) bond motifs is 1. The number of H-pyrrole nitrogens is 1. The summed E-state index contributed by atoms with van der Waals surface area (Å²) in [6.07, 6.45) is 6.02. The molecule has 1 aliphatic heterocycles. The number of hydrogen-bond acceptors (Lipinski definition) is 6. The number of nitrogens with zero attached hydrogens (tertiary/aromatic N) is 3. The van der Waals surface area contributed by atoms with Crippen molar-refractivity contribution in [3.8, 4) is 11.1 Å². The van der Waals surface area contributed by atoms with E-state index in [1.807, 2.05) is 58.9 Å². The van der Waals surface area contributed by atoms with Crippen molar-refractivity contribution in [2.24, 2.45) is 5.92 Å². The molecule has 1 saturated heterocycles. The Labute approximate surface area is 195 Å². The second-order valence-corrected chi connectivity index (χ2v) is 9.15. The molecule has 1 atom stereocenters. The third-order valence-corrected chi connectivity index (χ3v) is 6.99. The minimum atomic E-state index is -0.135. The molecule has 2 N–H and O–H groups in total. The SMILES string of the molecule is O=C(NCCc1cccnc1)C1CCCN(c2nc3c(-c4ccccc4)csc3c(=O)[nH]2)C1. The summed E-state index contributed by atoms with van der Waals surface area (Å²) in [5.74, 6) is 0.452. The number of rotatable bonds is 6. The van der Waals surface area contributed by atoms with Crippen molar-refractivity contribution in [1.82, 2.24) is 20.3 Å². The first-order valence-corrected chi connectivity index (χ1v) is 12.1. The normalized spacial score (nSPS) is 16.1. The van der Waals surface area contributed by atoms with Crippen LogP contribution >= 0.6 is 11.3 Å². The number of pyridine rings is 1. The highest BCUT2D eigenvalue weighted by Crippen LogP contribution is 2.32. The summed E-state index contributed by atoms with van der Waals surface area (Å²) in [6, 6.07) is 13.9. The van der Waals surface area contributed by atoms with Crippen LogP contribution in [0.1, 0.15) is 18.4 Å². The summed E-state index contributed by atoms with van der Waals surface area (Å²) in [5, 5.41) is 5.04. The predicted molar refractivity (Wildman–Crippen MR) is 132 cm³/mol.